The molecule has 2 amide bonds. The third-order valence-electron chi connectivity index (χ3n) is 4.67. The lowest BCUT2D eigenvalue weighted by molar-refractivity contribution is -0.134. The molecule has 0 saturated carbocycles. The van der Waals surface area contributed by atoms with Crippen LogP contribution in [0.4, 0.5) is 4.79 Å². The molecule has 0 aromatic heterocycles. The Morgan fingerprint density at radius 2 is 1.83 bits per heavy atom. The monoisotopic (exact) mass is 406 g/mol. The summed E-state index contributed by atoms with van der Waals surface area (Å²) < 4.78 is 16.1. The highest BCUT2D eigenvalue weighted by Crippen LogP contribution is 2.33. The molecule has 0 radical (unpaired) electrons. The maximum absolute atomic E-state index is 13.1. The molecule has 0 bridgehead atoms. The van der Waals surface area contributed by atoms with Gasteiger partial charge in [-0.3, -0.25) is 4.79 Å². The Morgan fingerprint density at radius 1 is 1.17 bits per heavy atom. The zero-order valence-electron chi connectivity index (χ0n) is 18.6. The van der Waals surface area contributed by atoms with Gasteiger partial charge in [0.1, 0.15) is 11.6 Å². The van der Waals surface area contributed by atoms with Crippen LogP contribution in [0.2, 0.25) is 0 Å². The van der Waals surface area contributed by atoms with Crippen molar-refractivity contribution in [3.63, 3.8) is 0 Å². The van der Waals surface area contributed by atoms with Crippen LogP contribution in [-0.4, -0.2) is 48.4 Å². The summed E-state index contributed by atoms with van der Waals surface area (Å²) >= 11 is 0. The van der Waals surface area contributed by atoms with Gasteiger partial charge in [-0.25, -0.2) is 4.79 Å². The summed E-state index contributed by atoms with van der Waals surface area (Å²) in [4.78, 5) is 27.0. The van der Waals surface area contributed by atoms with Crippen molar-refractivity contribution in [3.05, 3.63) is 23.8 Å². The van der Waals surface area contributed by atoms with Gasteiger partial charge in [0.05, 0.1) is 0 Å². The number of amides is 2. The van der Waals surface area contributed by atoms with E-state index >= 15 is 0 Å². The topological polar surface area (TPSA) is 77.1 Å². The Hall–Kier alpha value is -2.44. The maximum Gasteiger partial charge on any atom is 0.408 e. The van der Waals surface area contributed by atoms with Gasteiger partial charge >= 0.3 is 6.09 Å². The molecule has 0 aliphatic carbocycles. The van der Waals surface area contributed by atoms with Crippen LogP contribution in [0, 0.1) is 5.92 Å². The number of fused-ring (bicyclic) bond motifs is 1. The van der Waals surface area contributed by atoms with E-state index in [0.29, 0.717) is 12.8 Å². The number of nitrogens with one attached hydrogen (secondary N) is 1. The first-order valence-electron chi connectivity index (χ1n) is 10.1. The van der Waals surface area contributed by atoms with Gasteiger partial charge in [-0.1, -0.05) is 19.9 Å². The predicted octanol–water partition coefficient (Wildman–Crippen LogP) is 3.74. The van der Waals surface area contributed by atoms with E-state index in [1.807, 2.05) is 39.0 Å². The summed E-state index contributed by atoms with van der Waals surface area (Å²) in [7, 11) is 1.77. The van der Waals surface area contributed by atoms with Gasteiger partial charge in [-0.05, 0) is 64.2 Å². The zero-order valence-corrected chi connectivity index (χ0v) is 18.6. The van der Waals surface area contributed by atoms with E-state index in [2.05, 4.69) is 5.32 Å². The molecule has 7 nitrogen and oxygen atoms in total. The van der Waals surface area contributed by atoms with Crippen molar-refractivity contribution in [1.29, 1.82) is 0 Å². The number of ether oxygens (including phenoxy) is 3. The van der Waals surface area contributed by atoms with E-state index in [0.717, 1.165) is 17.1 Å². The molecule has 2 atom stereocenters. The van der Waals surface area contributed by atoms with Gasteiger partial charge in [-0.2, -0.15) is 0 Å². The van der Waals surface area contributed by atoms with Gasteiger partial charge in [0, 0.05) is 13.1 Å². The van der Waals surface area contributed by atoms with Crippen molar-refractivity contribution < 1.29 is 23.8 Å². The second-order valence-corrected chi connectivity index (χ2v) is 9.02. The number of hydrogen-bond acceptors (Lipinski definition) is 5. The molecule has 0 saturated heterocycles. The van der Waals surface area contributed by atoms with E-state index in [9.17, 15) is 9.59 Å². The molecule has 1 aromatic rings. The first kappa shape index (κ1) is 22.8. The number of carbonyl (C=O) groups is 2. The van der Waals surface area contributed by atoms with E-state index < -0.39 is 17.7 Å². The SMILES string of the molecule is CC(C)C[C@@H](NC(=O)OC(C)(C)C)C(=O)N(C)C(C)Cc1ccc2c(c1)OCO2. The van der Waals surface area contributed by atoms with Crippen LogP contribution in [0.25, 0.3) is 0 Å². The van der Waals surface area contributed by atoms with Crippen molar-refractivity contribution in [2.24, 2.45) is 5.92 Å². The zero-order chi connectivity index (χ0) is 21.8. The molecule has 1 heterocycles. The highest BCUT2D eigenvalue weighted by Gasteiger charge is 2.29. The highest BCUT2D eigenvalue weighted by molar-refractivity contribution is 5.85. The first-order chi connectivity index (χ1) is 13.5. The van der Waals surface area contributed by atoms with E-state index in [-0.39, 0.29) is 24.7 Å². The van der Waals surface area contributed by atoms with Crippen molar-refractivity contribution in [2.45, 2.75) is 72.1 Å². The summed E-state index contributed by atoms with van der Waals surface area (Å²) in [6.07, 6.45) is 0.632. The van der Waals surface area contributed by atoms with Crippen LogP contribution in [0.5, 0.6) is 11.5 Å². The fourth-order valence-corrected chi connectivity index (χ4v) is 3.15. The molecule has 2 rings (SSSR count). The highest BCUT2D eigenvalue weighted by atomic mass is 16.7. The van der Waals surface area contributed by atoms with Crippen LogP contribution in [0.15, 0.2) is 18.2 Å². The van der Waals surface area contributed by atoms with Gasteiger partial charge in [0.15, 0.2) is 11.5 Å². The molecule has 1 aromatic carbocycles. The van der Waals surface area contributed by atoms with Crippen LogP contribution in [0.3, 0.4) is 0 Å². The number of hydrogen-bond donors (Lipinski definition) is 1. The molecule has 7 heteroatoms. The van der Waals surface area contributed by atoms with Crippen LogP contribution >= 0.6 is 0 Å². The largest absolute Gasteiger partial charge is 0.454 e. The number of benzene rings is 1. The minimum absolute atomic E-state index is 0.0574. The summed E-state index contributed by atoms with van der Waals surface area (Å²) in [5.41, 5.74) is 0.440. The average molecular weight is 407 g/mol. The molecule has 0 spiro atoms. The van der Waals surface area contributed by atoms with Gasteiger partial charge in [0.25, 0.3) is 0 Å². The van der Waals surface area contributed by atoms with Gasteiger partial charge < -0.3 is 24.4 Å². The summed E-state index contributed by atoms with van der Waals surface area (Å²) in [5.74, 6) is 1.59. The lowest BCUT2D eigenvalue weighted by Crippen LogP contribution is -2.51. The third-order valence-corrected chi connectivity index (χ3v) is 4.67. The Labute approximate surface area is 173 Å². The molecule has 1 aliphatic rings. The minimum atomic E-state index is -0.631. The normalized spacial score (nSPS) is 15.0. The molecule has 1 aliphatic heterocycles. The lowest BCUT2D eigenvalue weighted by Gasteiger charge is -2.31. The second-order valence-electron chi connectivity index (χ2n) is 9.02. The Kier molecular flexibility index (Phi) is 7.38. The molecular weight excluding hydrogens is 372 g/mol. The van der Waals surface area contributed by atoms with Crippen molar-refractivity contribution >= 4 is 12.0 Å². The number of carbonyl (C=O) groups excluding carboxylic acids is 2. The quantitative estimate of drug-likeness (QED) is 0.746. The van der Waals surface area contributed by atoms with E-state index in [1.54, 1.807) is 32.7 Å². The third kappa shape index (κ3) is 6.84. The van der Waals surface area contributed by atoms with Gasteiger partial charge in [0.2, 0.25) is 12.7 Å². The Balaban J connectivity index is 2.03. The molecule has 162 valence electrons. The number of nitrogens with zero attached hydrogens (tertiary/aromatic N) is 1. The molecule has 1 N–H and O–H groups in total. The van der Waals surface area contributed by atoms with Crippen LogP contribution in [-0.2, 0) is 16.0 Å². The standard InChI is InChI=1S/C22H34N2O5/c1-14(2)10-17(23-21(26)29-22(4,5)6)20(25)24(7)15(3)11-16-8-9-18-19(12-16)28-13-27-18/h8-9,12,14-15,17H,10-11,13H2,1-7H3,(H,23,26)/t15?,17-/m1/s1. The van der Waals surface area contributed by atoms with Crippen LogP contribution < -0.4 is 14.8 Å². The molecule has 0 fully saturated rings. The fraction of sp³-hybridized carbons (Fsp3) is 0.636. The maximum atomic E-state index is 13.1. The van der Waals surface area contributed by atoms with Crippen molar-refractivity contribution in [3.8, 4) is 11.5 Å². The molecule has 29 heavy (non-hydrogen) atoms. The minimum Gasteiger partial charge on any atom is -0.454 e. The molecule has 1 unspecified atom stereocenters. The van der Waals surface area contributed by atoms with E-state index in [4.69, 9.17) is 14.2 Å². The fourth-order valence-electron chi connectivity index (χ4n) is 3.15. The number of rotatable bonds is 7. The number of likely N-dealkylation sites (N-methyl/N-ethyl adjacent to an activating group) is 1. The van der Waals surface area contributed by atoms with Crippen LogP contribution in [0.1, 0.15) is 53.5 Å². The second kappa shape index (κ2) is 9.37. The lowest BCUT2D eigenvalue weighted by atomic mass is 10.0. The average Bonchev–Trinajstić information content (AvgIpc) is 3.05. The summed E-state index contributed by atoms with van der Waals surface area (Å²) in [6.45, 7) is 11.7. The number of alkyl carbamates (subject to hydrolysis) is 1. The Bertz CT molecular complexity index is 726. The molecular formula is C22H34N2O5. The van der Waals surface area contributed by atoms with Crippen molar-refractivity contribution in [1.82, 2.24) is 10.2 Å². The first-order valence-corrected chi connectivity index (χ1v) is 10.1. The van der Waals surface area contributed by atoms with Crippen molar-refractivity contribution in [2.75, 3.05) is 13.8 Å². The smallest absolute Gasteiger partial charge is 0.408 e. The Morgan fingerprint density at radius 3 is 2.45 bits per heavy atom. The summed E-state index contributed by atoms with van der Waals surface area (Å²) in [5, 5.41) is 2.75. The van der Waals surface area contributed by atoms with Gasteiger partial charge in [-0.15, -0.1) is 0 Å². The van der Waals surface area contributed by atoms with E-state index in [1.165, 1.54) is 0 Å². The predicted molar refractivity (Wildman–Crippen MR) is 111 cm³/mol. The summed E-state index contributed by atoms with van der Waals surface area (Å²) in [6, 6.07) is 5.12.